The molecular formula is C8H13ClO2S. The normalized spacial score (nSPS) is 44.8. The van der Waals surface area contributed by atoms with E-state index >= 15 is 0 Å². The number of hydrogen-bond acceptors (Lipinski definition) is 3. The standard InChI is InChI=1S/C8H13ClO2S/c1-8(2)10-5-4-12-6(3-9)7(5)11-8/h5-7H,3-4H2,1-2H3/t5?,6-,7?/m0/s1. The molecule has 2 fully saturated rings. The van der Waals surface area contributed by atoms with Crippen LogP contribution < -0.4 is 0 Å². The van der Waals surface area contributed by atoms with Crippen LogP contribution in [0.4, 0.5) is 0 Å². The van der Waals surface area contributed by atoms with Crippen LogP contribution in [-0.2, 0) is 9.47 Å². The maximum atomic E-state index is 5.81. The van der Waals surface area contributed by atoms with Gasteiger partial charge in [0.2, 0.25) is 0 Å². The van der Waals surface area contributed by atoms with E-state index in [2.05, 4.69) is 0 Å². The second kappa shape index (κ2) is 3.05. The van der Waals surface area contributed by atoms with E-state index in [-0.39, 0.29) is 12.2 Å². The second-order valence-corrected chi connectivity index (χ2v) is 5.25. The third-order valence-electron chi connectivity index (χ3n) is 2.21. The lowest BCUT2D eigenvalue weighted by Crippen LogP contribution is -2.28. The minimum absolute atomic E-state index is 0.211. The van der Waals surface area contributed by atoms with E-state index in [0.29, 0.717) is 11.1 Å². The van der Waals surface area contributed by atoms with Crippen LogP contribution >= 0.6 is 23.4 Å². The Labute approximate surface area is 81.9 Å². The fourth-order valence-electron chi connectivity index (χ4n) is 1.75. The molecule has 0 radical (unpaired) electrons. The molecule has 0 saturated carbocycles. The number of fused-ring (bicyclic) bond motifs is 1. The molecular weight excluding hydrogens is 196 g/mol. The van der Waals surface area contributed by atoms with Crippen LogP contribution in [0, 0.1) is 0 Å². The number of hydrogen-bond donors (Lipinski definition) is 0. The zero-order chi connectivity index (χ0) is 8.77. The summed E-state index contributed by atoms with van der Waals surface area (Å²) in [5.41, 5.74) is 0. The van der Waals surface area contributed by atoms with Gasteiger partial charge in [-0.05, 0) is 13.8 Å². The van der Waals surface area contributed by atoms with Crippen molar-refractivity contribution >= 4 is 23.4 Å². The van der Waals surface area contributed by atoms with E-state index in [1.54, 1.807) is 0 Å². The van der Waals surface area contributed by atoms with Gasteiger partial charge in [-0.3, -0.25) is 0 Å². The molecule has 2 aliphatic rings. The minimum Gasteiger partial charge on any atom is -0.344 e. The molecule has 70 valence electrons. The zero-order valence-electron chi connectivity index (χ0n) is 7.25. The van der Waals surface area contributed by atoms with Crippen LogP contribution in [0.3, 0.4) is 0 Å². The summed E-state index contributed by atoms with van der Waals surface area (Å²) < 4.78 is 11.5. The third-order valence-corrected chi connectivity index (χ3v) is 4.11. The lowest BCUT2D eigenvalue weighted by Gasteiger charge is -2.20. The van der Waals surface area contributed by atoms with Gasteiger partial charge in [0.1, 0.15) is 6.10 Å². The first-order valence-corrected chi connectivity index (χ1v) is 5.74. The molecule has 2 unspecified atom stereocenters. The average molecular weight is 209 g/mol. The van der Waals surface area contributed by atoms with Gasteiger partial charge in [-0.2, -0.15) is 11.8 Å². The minimum atomic E-state index is -0.402. The predicted octanol–water partition coefficient (Wildman–Crippen LogP) is 1.86. The summed E-state index contributed by atoms with van der Waals surface area (Å²) in [6.45, 7) is 3.92. The van der Waals surface area contributed by atoms with Crippen LogP contribution in [0.25, 0.3) is 0 Å². The lowest BCUT2D eigenvalue weighted by molar-refractivity contribution is -0.145. The van der Waals surface area contributed by atoms with Crippen molar-refractivity contribution in [2.75, 3.05) is 11.6 Å². The van der Waals surface area contributed by atoms with E-state index in [9.17, 15) is 0 Å². The Bertz CT molecular complexity index is 186. The second-order valence-electron chi connectivity index (χ2n) is 3.66. The monoisotopic (exact) mass is 208 g/mol. The van der Waals surface area contributed by atoms with E-state index in [0.717, 1.165) is 5.75 Å². The molecule has 12 heavy (non-hydrogen) atoms. The van der Waals surface area contributed by atoms with Gasteiger partial charge < -0.3 is 9.47 Å². The largest absolute Gasteiger partial charge is 0.344 e. The maximum absolute atomic E-state index is 5.81. The summed E-state index contributed by atoms with van der Waals surface area (Å²) in [6.07, 6.45) is 0.469. The van der Waals surface area contributed by atoms with Crippen LogP contribution in [0.2, 0.25) is 0 Å². The molecule has 0 bridgehead atoms. The first-order valence-electron chi connectivity index (χ1n) is 4.15. The molecule has 2 rings (SSSR count). The Hall–Kier alpha value is 0.560. The lowest BCUT2D eigenvalue weighted by atomic mass is 10.2. The van der Waals surface area contributed by atoms with Crippen molar-refractivity contribution in [2.24, 2.45) is 0 Å². The summed E-state index contributed by atoms with van der Waals surface area (Å²) in [5, 5.41) is 0.415. The van der Waals surface area contributed by atoms with Crippen LogP contribution in [0.15, 0.2) is 0 Å². The van der Waals surface area contributed by atoms with Gasteiger partial charge in [-0.15, -0.1) is 11.6 Å². The molecule has 0 aromatic rings. The Morgan fingerprint density at radius 1 is 1.50 bits per heavy atom. The Balaban J connectivity index is 2.06. The van der Waals surface area contributed by atoms with Crippen LogP contribution in [0.5, 0.6) is 0 Å². The maximum Gasteiger partial charge on any atom is 0.163 e. The van der Waals surface area contributed by atoms with Crippen molar-refractivity contribution in [2.45, 2.75) is 37.1 Å². The third kappa shape index (κ3) is 1.48. The van der Waals surface area contributed by atoms with Gasteiger partial charge in [0.05, 0.1) is 6.10 Å². The predicted molar refractivity (Wildman–Crippen MR) is 50.8 cm³/mol. The number of rotatable bonds is 1. The quantitative estimate of drug-likeness (QED) is 0.613. The van der Waals surface area contributed by atoms with E-state index < -0.39 is 5.79 Å². The Morgan fingerprint density at radius 3 is 2.92 bits per heavy atom. The molecule has 0 N–H and O–H groups in total. The van der Waals surface area contributed by atoms with Gasteiger partial charge in [0.15, 0.2) is 5.79 Å². The fourth-order valence-corrected chi connectivity index (χ4v) is 3.40. The molecule has 0 amide bonds. The van der Waals surface area contributed by atoms with E-state index in [1.165, 1.54) is 0 Å². The highest BCUT2D eigenvalue weighted by Crippen LogP contribution is 2.41. The van der Waals surface area contributed by atoms with Crippen molar-refractivity contribution in [1.29, 1.82) is 0 Å². The molecule has 0 aliphatic carbocycles. The molecule has 0 aromatic heterocycles. The van der Waals surface area contributed by atoms with Crippen LogP contribution in [0.1, 0.15) is 13.8 Å². The number of thioether (sulfide) groups is 1. The van der Waals surface area contributed by atoms with Crippen LogP contribution in [-0.4, -0.2) is 34.9 Å². The molecule has 4 heteroatoms. The topological polar surface area (TPSA) is 18.5 Å². The Kier molecular flexibility index (Phi) is 2.32. The molecule has 2 saturated heterocycles. The summed E-state index contributed by atoms with van der Waals surface area (Å²) in [6, 6.07) is 0. The molecule has 2 heterocycles. The first-order chi connectivity index (χ1) is 5.62. The average Bonchev–Trinajstić information content (AvgIpc) is 2.42. The van der Waals surface area contributed by atoms with Gasteiger partial charge in [-0.1, -0.05) is 0 Å². The van der Waals surface area contributed by atoms with Gasteiger partial charge >= 0.3 is 0 Å². The first kappa shape index (κ1) is 9.13. The summed E-state index contributed by atoms with van der Waals surface area (Å²) in [4.78, 5) is 0. The van der Waals surface area contributed by atoms with Crippen molar-refractivity contribution < 1.29 is 9.47 Å². The summed E-state index contributed by atoms with van der Waals surface area (Å²) >= 11 is 7.66. The fraction of sp³-hybridized carbons (Fsp3) is 1.00. The highest BCUT2D eigenvalue weighted by molar-refractivity contribution is 8.00. The molecule has 0 aromatic carbocycles. The summed E-state index contributed by atoms with van der Waals surface area (Å²) in [7, 11) is 0. The molecule has 3 atom stereocenters. The molecule has 2 aliphatic heterocycles. The van der Waals surface area contributed by atoms with Crippen molar-refractivity contribution in [3.05, 3.63) is 0 Å². The van der Waals surface area contributed by atoms with Crippen molar-refractivity contribution in [3.8, 4) is 0 Å². The summed E-state index contributed by atoms with van der Waals surface area (Å²) in [5.74, 6) is 1.28. The highest BCUT2D eigenvalue weighted by atomic mass is 35.5. The number of alkyl halides is 1. The molecule has 2 nitrogen and oxygen atoms in total. The number of halogens is 1. The van der Waals surface area contributed by atoms with Gasteiger partial charge in [0, 0.05) is 16.9 Å². The van der Waals surface area contributed by atoms with Crippen molar-refractivity contribution in [3.63, 3.8) is 0 Å². The Morgan fingerprint density at radius 2 is 2.25 bits per heavy atom. The smallest absolute Gasteiger partial charge is 0.163 e. The van der Waals surface area contributed by atoms with E-state index in [4.69, 9.17) is 21.1 Å². The van der Waals surface area contributed by atoms with Gasteiger partial charge in [0.25, 0.3) is 0 Å². The SMILES string of the molecule is CC1(C)OC2CS[C@@H](CCl)C2O1. The highest BCUT2D eigenvalue weighted by Gasteiger charge is 2.49. The number of ether oxygens (including phenoxy) is 2. The zero-order valence-corrected chi connectivity index (χ0v) is 8.82. The molecule has 0 spiro atoms. The van der Waals surface area contributed by atoms with Gasteiger partial charge in [-0.25, -0.2) is 0 Å². The van der Waals surface area contributed by atoms with Crippen molar-refractivity contribution in [1.82, 2.24) is 0 Å². The van der Waals surface area contributed by atoms with E-state index in [1.807, 2.05) is 25.6 Å².